The topological polar surface area (TPSA) is 101 Å². The second kappa shape index (κ2) is 6.70. The van der Waals surface area contributed by atoms with E-state index < -0.39 is 35.3 Å². The first-order valence-corrected chi connectivity index (χ1v) is 9.46. The number of quaternary nitrogens is 1. The van der Waals surface area contributed by atoms with Gasteiger partial charge in [0.05, 0.1) is 12.8 Å². The zero-order chi connectivity index (χ0) is 20.9. The van der Waals surface area contributed by atoms with Crippen molar-refractivity contribution in [1.29, 1.82) is 0 Å². The summed E-state index contributed by atoms with van der Waals surface area (Å²) in [5.41, 5.74) is 1.05. The van der Waals surface area contributed by atoms with Crippen molar-refractivity contribution in [2.45, 2.75) is 25.4 Å². The molecule has 2 fully saturated rings. The first-order valence-electron chi connectivity index (χ1n) is 9.46. The number of esters is 1. The zero-order valence-electron chi connectivity index (χ0n) is 16.5. The van der Waals surface area contributed by atoms with Gasteiger partial charge in [-0.3, -0.25) is 9.59 Å². The van der Waals surface area contributed by atoms with Crippen LogP contribution in [0.2, 0.25) is 0 Å². The van der Waals surface area contributed by atoms with E-state index in [2.05, 4.69) is 0 Å². The van der Waals surface area contributed by atoms with Gasteiger partial charge in [0, 0.05) is 12.5 Å². The normalized spacial score (nSPS) is 28.5. The van der Waals surface area contributed by atoms with Crippen LogP contribution in [0.4, 0.5) is 5.69 Å². The van der Waals surface area contributed by atoms with Crippen LogP contribution < -0.4 is 10.2 Å². The molecule has 0 bridgehead atoms. The summed E-state index contributed by atoms with van der Waals surface area (Å²) in [6.45, 7) is 3.58. The molecule has 2 saturated heterocycles. The van der Waals surface area contributed by atoms with Crippen molar-refractivity contribution in [2.75, 3.05) is 12.0 Å². The smallest absolute Gasteiger partial charge is 0.368 e. The summed E-state index contributed by atoms with van der Waals surface area (Å²) in [6, 6.07) is 13.2. The van der Waals surface area contributed by atoms with Crippen LogP contribution in [-0.4, -0.2) is 35.5 Å². The number of phenols is 1. The van der Waals surface area contributed by atoms with E-state index in [9.17, 15) is 19.5 Å². The zero-order valence-corrected chi connectivity index (χ0v) is 16.5. The van der Waals surface area contributed by atoms with Gasteiger partial charge in [0.25, 0.3) is 0 Å². The molecular formula is C22H23N2O5+. The van der Waals surface area contributed by atoms with Gasteiger partial charge in [-0.15, -0.1) is 0 Å². The van der Waals surface area contributed by atoms with Crippen molar-refractivity contribution in [2.24, 2.45) is 11.8 Å². The molecule has 3 N–H and O–H groups in total. The summed E-state index contributed by atoms with van der Waals surface area (Å²) in [5, 5.41) is 11.4. The third-order valence-corrected chi connectivity index (χ3v) is 6.11. The molecule has 2 aliphatic rings. The number of aromatic hydroxyl groups is 1. The molecule has 7 heteroatoms. The highest BCUT2D eigenvalue weighted by molar-refractivity contribution is 6.23. The fourth-order valence-corrected chi connectivity index (χ4v) is 4.63. The number of ether oxygens (including phenoxy) is 1. The number of phenolic OH excluding ortho intramolecular Hbond substituents is 1. The van der Waals surface area contributed by atoms with Crippen LogP contribution in [-0.2, 0) is 19.1 Å². The molecule has 2 aliphatic heterocycles. The molecule has 2 aromatic carbocycles. The minimum absolute atomic E-state index is 0.106. The third-order valence-electron chi connectivity index (χ3n) is 6.11. The number of fused-ring (bicyclic) bond motifs is 1. The van der Waals surface area contributed by atoms with E-state index in [4.69, 9.17) is 4.74 Å². The predicted octanol–water partition coefficient (Wildman–Crippen LogP) is 1.06. The van der Waals surface area contributed by atoms with E-state index in [-0.39, 0.29) is 11.7 Å². The third kappa shape index (κ3) is 2.81. The molecule has 29 heavy (non-hydrogen) atoms. The van der Waals surface area contributed by atoms with E-state index in [0.29, 0.717) is 5.69 Å². The number of methoxy groups -OCH3 is 1. The molecule has 0 saturated carbocycles. The summed E-state index contributed by atoms with van der Waals surface area (Å²) >= 11 is 0. The van der Waals surface area contributed by atoms with Gasteiger partial charge in [0.1, 0.15) is 23.6 Å². The Balaban J connectivity index is 1.81. The van der Waals surface area contributed by atoms with Crippen molar-refractivity contribution in [1.82, 2.24) is 0 Å². The maximum Gasteiger partial charge on any atom is 0.368 e. The number of carbonyl (C=O) groups is 3. The average molecular weight is 395 g/mol. The van der Waals surface area contributed by atoms with E-state index in [0.717, 1.165) is 11.1 Å². The number of rotatable bonds is 3. The number of hydrogen-bond donors (Lipinski definition) is 2. The van der Waals surface area contributed by atoms with Crippen molar-refractivity contribution in [3.63, 3.8) is 0 Å². The number of amides is 2. The molecule has 0 spiro atoms. The minimum atomic E-state index is -1.23. The van der Waals surface area contributed by atoms with Gasteiger partial charge in [-0.25, -0.2) is 9.69 Å². The highest BCUT2D eigenvalue weighted by Crippen LogP contribution is 2.45. The highest BCUT2D eigenvalue weighted by Gasteiger charge is 2.70. The molecule has 4 atom stereocenters. The van der Waals surface area contributed by atoms with Crippen LogP contribution in [0.5, 0.6) is 5.75 Å². The quantitative estimate of drug-likeness (QED) is 0.598. The number of imide groups is 1. The molecule has 0 aliphatic carbocycles. The largest absolute Gasteiger partial charge is 0.508 e. The number of carbonyl (C=O) groups excluding carboxylic acids is 3. The molecule has 0 radical (unpaired) electrons. The van der Waals surface area contributed by atoms with Gasteiger partial charge in [-0.2, -0.15) is 0 Å². The molecule has 2 aromatic rings. The monoisotopic (exact) mass is 395 g/mol. The van der Waals surface area contributed by atoms with Gasteiger partial charge < -0.3 is 15.2 Å². The second-order valence-electron chi connectivity index (χ2n) is 7.91. The molecule has 150 valence electrons. The molecule has 7 nitrogen and oxygen atoms in total. The first-order chi connectivity index (χ1) is 13.8. The average Bonchev–Trinajstić information content (AvgIpc) is 3.17. The van der Waals surface area contributed by atoms with Crippen LogP contribution in [0.3, 0.4) is 0 Å². The fourth-order valence-electron chi connectivity index (χ4n) is 4.63. The number of benzene rings is 2. The van der Waals surface area contributed by atoms with Crippen LogP contribution in [0.25, 0.3) is 0 Å². The highest BCUT2D eigenvalue weighted by atomic mass is 16.5. The molecule has 2 heterocycles. The predicted molar refractivity (Wildman–Crippen MR) is 104 cm³/mol. The standard InChI is InChI=1S/C22H22N2O5/c1-12-4-8-14(9-5-12)24-19(26)16-17(20(24)27)22(2,21(28)29-3)23-18(16)13-6-10-15(25)11-7-13/h4-11,16-18,23,25H,1-3H3/p+1/t16-,17+,18-,22+/m0/s1. The minimum Gasteiger partial charge on any atom is -0.508 e. The van der Waals surface area contributed by atoms with Crippen LogP contribution in [0, 0.1) is 18.8 Å². The lowest BCUT2D eigenvalue weighted by molar-refractivity contribution is -0.730. The summed E-state index contributed by atoms with van der Waals surface area (Å²) in [6.07, 6.45) is 0. The van der Waals surface area contributed by atoms with E-state index >= 15 is 0 Å². The molecule has 4 rings (SSSR count). The second-order valence-corrected chi connectivity index (χ2v) is 7.91. The Hall–Kier alpha value is -3.19. The van der Waals surface area contributed by atoms with Crippen molar-refractivity contribution < 1.29 is 29.5 Å². The molecule has 0 aromatic heterocycles. The lowest BCUT2D eigenvalue weighted by Crippen LogP contribution is -2.97. The SMILES string of the molecule is COC(=O)[C@]1(C)[NH2+][C@@H](c2ccc(O)cc2)[C@H]2C(=O)N(c3ccc(C)cc3)C(=O)[C@@H]21. The number of nitrogens with zero attached hydrogens (tertiary/aromatic N) is 1. The fraction of sp³-hybridized carbons (Fsp3) is 0.318. The number of hydrogen-bond acceptors (Lipinski definition) is 5. The first kappa shape index (κ1) is 19.1. The Morgan fingerprint density at radius 2 is 1.69 bits per heavy atom. The van der Waals surface area contributed by atoms with Crippen molar-refractivity contribution in [3.8, 4) is 5.75 Å². The molecule has 2 amide bonds. The summed E-state index contributed by atoms with van der Waals surface area (Å²) in [7, 11) is 1.28. The Morgan fingerprint density at radius 3 is 2.28 bits per heavy atom. The lowest BCUT2D eigenvalue weighted by atomic mass is 9.80. The molecular weight excluding hydrogens is 372 g/mol. The van der Waals surface area contributed by atoms with Gasteiger partial charge in [-0.1, -0.05) is 17.7 Å². The van der Waals surface area contributed by atoms with Crippen LogP contribution in [0.1, 0.15) is 24.1 Å². The van der Waals surface area contributed by atoms with Gasteiger partial charge in [0.2, 0.25) is 17.4 Å². The Bertz CT molecular complexity index is 985. The summed E-state index contributed by atoms with van der Waals surface area (Å²) in [5.74, 6) is -2.71. The van der Waals surface area contributed by atoms with Crippen LogP contribution >= 0.6 is 0 Å². The number of nitrogens with two attached hydrogens (primary N) is 1. The van der Waals surface area contributed by atoms with E-state index in [1.165, 1.54) is 24.1 Å². The van der Waals surface area contributed by atoms with E-state index in [1.54, 1.807) is 36.5 Å². The van der Waals surface area contributed by atoms with Gasteiger partial charge in [0.15, 0.2) is 0 Å². The lowest BCUT2D eigenvalue weighted by Gasteiger charge is -2.25. The maximum atomic E-state index is 13.4. The Kier molecular flexibility index (Phi) is 4.42. The summed E-state index contributed by atoms with van der Waals surface area (Å²) in [4.78, 5) is 40.7. The van der Waals surface area contributed by atoms with Crippen LogP contribution in [0.15, 0.2) is 48.5 Å². The Labute approximate surface area is 168 Å². The number of anilines is 1. The van der Waals surface area contributed by atoms with E-state index in [1.807, 2.05) is 19.1 Å². The maximum absolute atomic E-state index is 13.4. The number of aryl methyl sites for hydroxylation is 1. The van der Waals surface area contributed by atoms with Gasteiger partial charge in [-0.05, 0) is 43.3 Å². The van der Waals surface area contributed by atoms with Crippen molar-refractivity contribution in [3.05, 3.63) is 59.7 Å². The Morgan fingerprint density at radius 1 is 1.07 bits per heavy atom. The molecule has 0 unspecified atom stereocenters. The summed E-state index contributed by atoms with van der Waals surface area (Å²) < 4.78 is 5.00. The van der Waals surface area contributed by atoms with Crippen molar-refractivity contribution >= 4 is 23.5 Å². The van der Waals surface area contributed by atoms with Gasteiger partial charge >= 0.3 is 5.97 Å².